The predicted octanol–water partition coefficient (Wildman–Crippen LogP) is 8.36. The van der Waals surface area contributed by atoms with Gasteiger partial charge in [-0.1, -0.05) is 90.5 Å². The fraction of sp³-hybridized carbons (Fsp3) is 0.0513. The zero-order valence-corrected chi connectivity index (χ0v) is 26.4. The Morgan fingerprint density at radius 2 is 1.45 bits per heavy atom. The minimum atomic E-state index is -0.566. The third-order valence-electron chi connectivity index (χ3n) is 7.43. The van der Waals surface area contributed by atoms with Gasteiger partial charge in [0.05, 0.1) is 0 Å². The minimum Gasteiger partial charge on any atom is -0.361 e. The molecule has 1 aromatic heterocycles. The fourth-order valence-corrected chi connectivity index (χ4v) is 6.07. The van der Waals surface area contributed by atoms with Gasteiger partial charge in [-0.25, -0.2) is 0 Å². The Balaban J connectivity index is 1.22. The summed E-state index contributed by atoms with van der Waals surface area (Å²) < 4.78 is 0. The highest BCUT2D eigenvalue weighted by Gasteiger charge is 2.23. The zero-order valence-electron chi connectivity index (χ0n) is 25.6. The maximum Gasteiger partial charge on any atom is 0.272 e. The molecule has 1 atom stereocenters. The molecule has 0 spiro atoms. The summed E-state index contributed by atoms with van der Waals surface area (Å²) in [6, 6.07) is 41.0. The van der Waals surface area contributed by atoms with Crippen molar-refractivity contribution in [3.8, 4) is 0 Å². The normalized spacial score (nSPS) is 11.9. The standard InChI is InChI=1S/C39H32N4O3S/c1-26-15-17-27(18-16-26)23-35(43-37(44)30-11-6-3-7-12-30)38(45)41-31-13-8-14-33(24-31)47-36(29-9-4-2-5-10-29)39(46)42-32-20-19-28-21-22-40-34(28)25-32/h2-25,36,40H,1H3,(H,41,45)(H,42,46)(H,43,44)/b35-23-. The van der Waals surface area contributed by atoms with Crippen molar-refractivity contribution in [2.24, 2.45) is 0 Å². The fourth-order valence-electron chi connectivity index (χ4n) is 4.99. The number of aryl methyl sites for hydroxylation is 1. The molecule has 1 heterocycles. The highest BCUT2D eigenvalue weighted by Crippen LogP contribution is 2.37. The van der Waals surface area contributed by atoms with Gasteiger partial charge in [0, 0.05) is 33.5 Å². The number of carbonyl (C=O) groups is 3. The minimum absolute atomic E-state index is 0.0985. The van der Waals surface area contributed by atoms with Crippen LogP contribution in [0.4, 0.5) is 11.4 Å². The van der Waals surface area contributed by atoms with Crippen molar-refractivity contribution in [1.82, 2.24) is 10.3 Å². The van der Waals surface area contributed by atoms with Gasteiger partial charge in [-0.05, 0) is 78.0 Å². The number of anilines is 2. The van der Waals surface area contributed by atoms with Crippen LogP contribution in [0, 0.1) is 6.92 Å². The first-order valence-electron chi connectivity index (χ1n) is 15.1. The molecule has 0 saturated heterocycles. The average Bonchev–Trinajstić information content (AvgIpc) is 3.57. The second-order valence-corrected chi connectivity index (χ2v) is 12.1. The van der Waals surface area contributed by atoms with E-state index in [4.69, 9.17) is 0 Å². The molecule has 0 aliphatic carbocycles. The molecule has 0 bridgehead atoms. The van der Waals surface area contributed by atoms with Crippen molar-refractivity contribution in [2.75, 3.05) is 10.6 Å². The molecular formula is C39H32N4O3S. The topological polar surface area (TPSA) is 103 Å². The van der Waals surface area contributed by atoms with E-state index in [0.29, 0.717) is 16.9 Å². The van der Waals surface area contributed by atoms with Crippen molar-refractivity contribution in [2.45, 2.75) is 17.1 Å². The van der Waals surface area contributed by atoms with E-state index in [1.165, 1.54) is 11.8 Å². The Morgan fingerprint density at radius 1 is 0.723 bits per heavy atom. The lowest BCUT2D eigenvalue weighted by Crippen LogP contribution is -2.30. The number of benzene rings is 5. The Hall–Kier alpha value is -5.86. The summed E-state index contributed by atoms with van der Waals surface area (Å²) in [5.41, 5.74) is 5.38. The summed E-state index contributed by atoms with van der Waals surface area (Å²) in [5.74, 6) is -1.04. The van der Waals surface area contributed by atoms with Crippen LogP contribution in [0.2, 0.25) is 0 Å². The van der Waals surface area contributed by atoms with Gasteiger partial charge in [-0.15, -0.1) is 11.8 Å². The molecule has 3 amide bonds. The van der Waals surface area contributed by atoms with E-state index in [0.717, 1.165) is 32.5 Å². The van der Waals surface area contributed by atoms with E-state index in [-0.39, 0.29) is 11.6 Å². The number of carbonyl (C=O) groups excluding carboxylic acids is 3. The van der Waals surface area contributed by atoms with Crippen LogP contribution in [0.25, 0.3) is 17.0 Å². The summed E-state index contributed by atoms with van der Waals surface area (Å²) in [6.45, 7) is 1.98. The summed E-state index contributed by atoms with van der Waals surface area (Å²) in [6.07, 6.45) is 3.51. The first kappa shape index (κ1) is 31.1. The molecule has 0 fully saturated rings. The largest absolute Gasteiger partial charge is 0.361 e. The SMILES string of the molecule is Cc1ccc(/C=C(\NC(=O)c2ccccc2)C(=O)Nc2cccc(SC(C(=O)Nc3ccc4cc[nH]c4c3)c3ccccc3)c2)cc1. The maximum atomic E-state index is 13.7. The second-order valence-electron chi connectivity index (χ2n) is 10.9. The third-order valence-corrected chi connectivity index (χ3v) is 8.67. The highest BCUT2D eigenvalue weighted by atomic mass is 32.2. The number of fused-ring (bicyclic) bond motifs is 1. The number of aromatic amines is 1. The van der Waals surface area contributed by atoms with Crippen LogP contribution in [0.3, 0.4) is 0 Å². The Bertz CT molecular complexity index is 2060. The van der Waals surface area contributed by atoms with Crippen LogP contribution in [0.1, 0.15) is 32.3 Å². The van der Waals surface area contributed by atoms with E-state index in [2.05, 4.69) is 20.9 Å². The maximum absolute atomic E-state index is 13.7. The zero-order chi connectivity index (χ0) is 32.6. The molecule has 232 valence electrons. The summed E-state index contributed by atoms with van der Waals surface area (Å²) in [7, 11) is 0. The molecule has 1 unspecified atom stereocenters. The molecule has 0 saturated carbocycles. The Labute approximate surface area is 277 Å². The lowest BCUT2D eigenvalue weighted by molar-refractivity contribution is -0.116. The van der Waals surface area contributed by atoms with Crippen LogP contribution < -0.4 is 16.0 Å². The van der Waals surface area contributed by atoms with Crippen LogP contribution in [-0.2, 0) is 9.59 Å². The lowest BCUT2D eigenvalue weighted by Gasteiger charge is -2.18. The van der Waals surface area contributed by atoms with Gasteiger partial charge in [0.1, 0.15) is 10.9 Å². The van der Waals surface area contributed by atoms with Crippen LogP contribution >= 0.6 is 11.8 Å². The Morgan fingerprint density at radius 3 is 2.21 bits per heavy atom. The molecule has 0 aliphatic rings. The molecule has 8 heteroatoms. The number of hydrogen-bond acceptors (Lipinski definition) is 4. The Kier molecular flexibility index (Phi) is 9.60. The average molecular weight is 637 g/mol. The molecule has 47 heavy (non-hydrogen) atoms. The van der Waals surface area contributed by atoms with Gasteiger partial charge in [0.15, 0.2) is 0 Å². The second kappa shape index (κ2) is 14.5. The number of thioether (sulfide) groups is 1. The first-order valence-corrected chi connectivity index (χ1v) is 15.9. The summed E-state index contributed by atoms with van der Waals surface area (Å²) in [4.78, 5) is 44.3. The number of hydrogen-bond donors (Lipinski definition) is 4. The smallest absolute Gasteiger partial charge is 0.272 e. The van der Waals surface area contributed by atoms with Crippen molar-refractivity contribution >= 4 is 57.8 Å². The molecule has 4 N–H and O–H groups in total. The van der Waals surface area contributed by atoms with Gasteiger partial charge >= 0.3 is 0 Å². The van der Waals surface area contributed by atoms with Crippen molar-refractivity contribution in [1.29, 1.82) is 0 Å². The molecule has 5 aromatic carbocycles. The van der Waals surface area contributed by atoms with E-state index >= 15 is 0 Å². The van der Waals surface area contributed by atoms with Gasteiger partial charge in [0.2, 0.25) is 5.91 Å². The van der Waals surface area contributed by atoms with Crippen LogP contribution in [0.15, 0.2) is 150 Å². The van der Waals surface area contributed by atoms with E-state index in [1.807, 2.05) is 116 Å². The van der Waals surface area contributed by atoms with E-state index in [1.54, 1.807) is 36.4 Å². The van der Waals surface area contributed by atoms with E-state index in [9.17, 15) is 14.4 Å². The molecule has 0 aliphatic heterocycles. The highest BCUT2D eigenvalue weighted by molar-refractivity contribution is 8.00. The van der Waals surface area contributed by atoms with Crippen molar-refractivity contribution in [3.63, 3.8) is 0 Å². The molecule has 0 radical (unpaired) electrons. The van der Waals surface area contributed by atoms with Gasteiger partial charge in [0.25, 0.3) is 11.8 Å². The first-order chi connectivity index (χ1) is 22.9. The van der Waals surface area contributed by atoms with Gasteiger partial charge < -0.3 is 20.9 Å². The molecule has 6 rings (SSSR count). The van der Waals surface area contributed by atoms with Crippen molar-refractivity contribution in [3.05, 3.63) is 168 Å². The predicted molar refractivity (Wildman–Crippen MR) is 190 cm³/mol. The van der Waals surface area contributed by atoms with Gasteiger partial charge in [-0.3, -0.25) is 14.4 Å². The number of amides is 3. The number of H-pyrrole nitrogens is 1. The summed E-state index contributed by atoms with van der Waals surface area (Å²) in [5, 5.41) is 9.27. The number of aromatic nitrogens is 1. The van der Waals surface area contributed by atoms with Crippen LogP contribution in [0.5, 0.6) is 0 Å². The quantitative estimate of drug-likeness (QED) is 0.0896. The van der Waals surface area contributed by atoms with Crippen molar-refractivity contribution < 1.29 is 14.4 Å². The number of nitrogens with one attached hydrogen (secondary N) is 4. The third kappa shape index (κ3) is 8.06. The monoisotopic (exact) mass is 636 g/mol. The summed E-state index contributed by atoms with van der Waals surface area (Å²) >= 11 is 1.38. The van der Waals surface area contributed by atoms with Gasteiger partial charge in [-0.2, -0.15) is 0 Å². The lowest BCUT2D eigenvalue weighted by atomic mass is 10.1. The number of rotatable bonds is 10. The molecule has 6 aromatic rings. The molecule has 7 nitrogen and oxygen atoms in total. The van der Waals surface area contributed by atoms with E-state index < -0.39 is 17.1 Å². The van der Waals surface area contributed by atoms with Crippen LogP contribution in [-0.4, -0.2) is 22.7 Å². The molecular weight excluding hydrogens is 605 g/mol.